The van der Waals surface area contributed by atoms with Crippen molar-refractivity contribution in [3.05, 3.63) is 52.2 Å². The second-order valence-corrected chi connectivity index (χ2v) is 8.13. The Hall–Kier alpha value is -1.17. The van der Waals surface area contributed by atoms with Gasteiger partial charge in [0.1, 0.15) is 0 Å². The van der Waals surface area contributed by atoms with Crippen LogP contribution in [0.5, 0.6) is 0 Å². The van der Waals surface area contributed by atoms with E-state index in [1.54, 1.807) is 36.5 Å². The molecule has 108 valence electrons. The molecule has 2 rings (SSSR count). The number of benzene rings is 1. The van der Waals surface area contributed by atoms with Crippen LogP contribution in [-0.2, 0) is 15.4 Å². The van der Waals surface area contributed by atoms with Crippen molar-refractivity contribution in [2.45, 2.75) is 31.1 Å². The van der Waals surface area contributed by atoms with E-state index in [9.17, 15) is 8.42 Å². The lowest BCUT2D eigenvalue weighted by atomic mass is 9.92. The fourth-order valence-corrected chi connectivity index (χ4v) is 4.27. The maximum Gasteiger partial charge on any atom is 0.240 e. The predicted octanol–water partition coefficient (Wildman–Crippen LogP) is 3.31. The summed E-state index contributed by atoms with van der Waals surface area (Å²) in [4.78, 5) is 1.52. The van der Waals surface area contributed by atoms with E-state index in [0.717, 1.165) is 5.56 Å². The van der Waals surface area contributed by atoms with Crippen LogP contribution in [0, 0.1) is 6.92 Å². The van der Waals surface area contributed by atoms with Crippen molar-refractivity contribution in [1.82, 2.24) is 4.72 Å². The normalized spacial score (nSPS) is 12.6. The molecule has 0 aliphatic carbocycles. The standard InChI is InChI=1S/C15H19NO2S2/c1-12-7-4-5-8-13(12)20(17,18)16-11-15(2,3)14-9-6-10-19-14/h4-10,16H,11H2,1-3H3. The Balaban J connectivity index is 2.17. The molecule has 0 aliphatic rings. The third-order valence-corrected chi connectivity index (χ3v) is 6.07. The molecule has 1 heterocycles. The van der Waals surface area contributed by atoms with Gasteiger partial charge in [-0.25, -0.2) is 13.1 Å². The third-order valence-electron chi connectivity index (χ3n) is 3.28. The second-order valence-electron chi connectivity index (χ2n) is 5.45. The first kappa shape index (κ1) is 15.2. The minimum absolute atomic E-state index is 0.218. The molecule has 3 nitrogen and oxygen atoms in total. The number of rotatable bonds is 5. The van der Waals surface area contributed by atoms with E-state index in [0.29, 0.717) is 11.4 Å². The van der Waals surface area contributed by atoms with Gasteiger partial charge in [0, 0.05) is 16.8 Å². The Bertz CT molecular complexity index is 674. The minimum atomic E-state index is -3.46. The van der Waals surface area contributed by atoms with E-state index < -0.39 is 10.0 Å². The zero-order valence-electron chi connectivity index (χ0n) is 11.9. The molecule has 5 heteroatoms. The Labute approximate surface area is 124 Å². The molecule has 1 aromatic heterocycles. The van der Waals surface area contributed by atoms with Gasteiger partial charge in [-0.3, -0.25) is 0 Å². The number of hydrogen-bond donors (Lipinski definition) is 1. The highest BCUT2D eigenvalue weighted by atomic mass is 32.2. The molecule has 0 saturated carbocycles. The van der Waals surface area contributed by atoms with Gasteiger partial charge in [-0.2, -0.15) is 0 Å². The van der Waals surface area contributed by atoms with E-state index in [1.807, 2.05) is 37.4 Å². The number of aryl methyl sites for hydroxylation is 1. The van der Waals surface area contributed by atoms with E-state index >= 15 is 0 Å². The van der Waals surface area contributed by atoms with Crippen LogP contribution in [0.25, 0.3) is 0 Å². The fraction of sp³-hybridized carbons (Fsp3) is 0.333. The first-order valence-electron chi connectivity index (χ1n) is 6.42. The molecule has 0 aliphatic heterocycles. The van der Waals surface area contributed by atoms with Crippen LogP contribution in [0.4, 0.5) is 0 Å². The summed E-state index contributed by atoms with van der Waals surface area (Å²) in [5.74, 6) is 0. The molecule has 0 unspecified atom stereocenters. The molecule has 20 heavy (non-hydrogen) atoms. The predicted molar refractivity (Wildman–Crippen MR) is 83.7 cm³/mol. The molecule has 0 radical (unpaired) electrons. The quantitative estimate of drug-likeness (QED) is 0.921. The monoisotopic (exact) mass is 309 g/mol. The highest BCUT2D eigenvalue weighted by Crippen LogP contribution is 2.27. The van der Waals surface area contributed by atoms with Gasteiger partial charge in [0.05, 0.1) is 4.90 Å². The minimum Gasteiger partial charge on any atom is -0.210 e. The first-order valence-corrected chi connectivity index (χ1v) is 8.78. The Kier molecular flexibility index (Phi) is 4.32. The molecule has 1 aromatic carbocycles. The summed E-state index contributed by atoms with van der Waals surface area (Å²) in [5.41, 5.74) is 0.540. The molecular formula is C15H19NO2S2. The molecule has 1 N–H and O–H groups in total. The molecule has 0 saturated heterocycles. The molecular weight excluding hydrogens is 290 g/mol. The Morgan fingerprint density at radius 2 is 1.85 bits per heavy atom. The van der Waals surface area contributed by atoms with Gasteiger partial charge in [0.2, 0.25) is 10.0 Å². The number of nitrogens with one attached hydrogen (secondary N) is 1. The summed E-state index contributed by atoms with van der Waals surface area (Å²) in [6, 6.07) is 11.0. The first-order chi connectivity index (χ1) is 9.33. The Morgan fingerprint density at radius 3 is 2.45 bits per heavy atom. The fourth-order valence-electron chi connectivity index (χ4n) is 1.96. The van der Waals surface area contributed by atoms with E-state index in [-0.39, 0.29) is 5.41 Å². The van der Waals surface area contributed by atoms with Crippen LogP contribution in [-0.4, -0.2) is 15.0 Å². The van der Waals surface area contributed by atoms with E-state index in [4.69, 9.17) is 0 Å². The summed E-state index contributed by atoms with van der Waals surface area (Å²) >= 11 is 1.64. The lowest BCUT2D eigenvalue weighted by Crippen LogP contribution is -2.36. The highest BCUT2D eigenvalue weighted by molar-refractivity contribution is 7.89. The topological polar surface area (TPSA) is 46.2 Å². The summed E-state index contributed by atoms with van der Waals surface area (Å²) in [5, 5.41) is 2.01. The molecule has 0 atom stereocenters. The van der Waals surface area contributed by atoms with E-state index in [2.05, 4.69) is 4.72 Å². The Morgan fingerprint density at radius 1 is 1.15 bits per heavy atom. The average Bonchev–Trinajstić information content (AvgIpc) is 2.92. The molecule has 0 amide bonds. The van der Waals surface area contributed by atoms with Gasteiger partial charge in [0.15, 0.2) is 0 Å². The highest BCUT2D eigenvalue weighted by Gasteiger charge is 2.25. The average molecular weight is 309 g/mol. The van der Waals surface area contributed by atoms with Crippen LogP contribution in [0.1, 0.15) is 24.3 Å². The summed E-state index contributed by atoms with van der Waals surface area (Å²) in [7, 11) is -3.46. The number of thiophene rings is 1. The maximum absolute atomic E-state index is 12.4. The van der Waals surface area contributed by atoms with Gasteiger partial charge in [-0.05, 0) is 30.0 Å². The summed E-state index contributed by atoms with van der Waals surface area (Å²) in [6.45, 7) is 6.27. The SMILES string of the molecule is Cc1ccccc1S(=O)(=O)NCC(C)(C)c1cccs1. The van der Waals surface area contributed by atoms with Crippen LogP contribution in [0.2, 0.25) is 0 Å². The number of hydrogen-bond acceptors (Lipinski definition) is 3. The van der Waals surface area contributed by atoms with Gasteiger partial charge in [-0.15, -0.1) is 11.3 Å². The van der Waals surface area contributed by atoms with Gasteiger partial charge < -0.3 is 0 Å². The van der Waals surface area contributed by atoms with Crippen LogP contribution < -0.4 is 4.72 Å². The summed E-state index contributed by atoms with van der Waals surface area (Å²) < 4.78 is 27.4. The van der Waals surface area contributed by atoms with Crippen LogP contribution in [0.15, 0.2) is 46.7 Å². The van der Waals surface area contributed by atoms with Crippen molar-refractivity contribution in [3.8, 4) is 0 Å². The molecule has 0 fully saturated rings. The third kappa shape index (κ3) is 3.29. The zero-order chi connectivity index (χ0) is 14.8. The van der Waals surface area contributed by atoms with Crippen LogP contribution >= 0.6 is 11.3 Å². The van der Waals surface area contributed by atoms with Crippen molar-refractivity contribution in [1.29, 1.82) is 0 Å². The van der Waals surface area contributed by atoms with Crippen molar-refractivity contribution in [2.75, 3.05) is 6.54 Å². The van der Waals surface area contributed by atoms with Crippen molar-refractivity contribution in [2.24, 2.45) is 0 Å². The smallest absolute Gasteiger partial charge is 0.210 e. The summed E-state index contributed by atoms with van der Waals surface area (Å²) in [6.07, 6.45) is 0. The van der Waals surface area contributed by atoms with Crippen LogP contribution in [0.3, 0.4) is 0 Å². The molecule has 2 aromatic rings. The lowest BCUT2D eigenvalue weighted by molar-refractivity contribution is 0.509. The van der Waals surface area contributed by atoms with Crippen molar-refractivity contribution in [3.63, 3.8) is 0 Å². The van der Waals surface area contributed by atoms with Gasteiger partial charge in [-0.1, -0.05) is 38.1 Å². The van der Waals surface area contributed by atoms with E-state index in [1.165, 1.54) is 4.88 Å². The van der Waals surface area contributed by atoms with Crippen molar-refractivity contribution >= 4 is 21.4 Å². The number of sulfonamides is 1. The molecule has 0 bridgehead atoms. The lowest BCUT2D eigenvalue weighted by Gasteiger charge is -2.23. The van der Waals surface area contributed by atoms with Crippen molar-refractivity contribution < 1.29 is 8.42 Å². The largest absolute Gasteiger partial charge is 0.240 e. The second kappa shape index (κ2) is 5.68. The molecule has 0 spiro atoms. The zero-order valence-corrected chi connectivity index (χ0v) is 13.5. The maximum atomic E-state index is 12.4. The van der Waals surface area contributed by atoms with Gasteiger partial charge in [0.25, 0.3) is 0 Å². The van der Waals surface area contributed by atoms with Gasteiger partial charge >= 0.3 is 0 Å².